The largest absolute Gasteiger partial charge is 0.421 e. The number of aromatic amines is 1. The number of carbonyl (C=O) groups excluding carboxylic acids is 2. The molecule has 1 N–H and O–H groups in total. The van der Waals surface area contributed by atoms with Crippen molar-refractivity contribution in [3.8, 4) is 0 Å². The molecule has 0 bridgehead atoms. The van der Waals surface area contributed by atoms with Crippen LogP contribution in [-0.2, 0) is 22.2 Å². The van der Waals surface area contributed by atoms with Crippen LogP contribution in [-0.4, -0.2) is 88.9 Å². The van der Waals surface area contributed by atoms with Gasteiger partial charge in [-0.25, -0.2) is 10.1 Å². The highest BCUT2D eigenvalue weighted by molar-refractivity contribution is 5.85. The van der Waals surface area contributed by atoms with Crippen LogP contribution >= 0.6 is 0 Å². The number of H-pyrrole nitrogens is 1. The fourth-order valence-electron chi connectivity index (χ4n) is 3.51. The van der Waals surface area contributed by atoms with Gasteiger partial charge in [0.05, 0.1) is 24.2 Å². The molecule has 1 aliphatic rings. The first-order valence-corrected chi connectivity index (χ1v) is 11.6. The minimum absolute atomic E-state index is 0.226. The molecular weight excluding hydrogens is 522 g/mol. The summed E-state index contributed by atoms with van der Waals surface area (Å²) in [5.74, 6) is -0.748. The van der Waals surface area contributed by atoms with E-state index in [4.69, 9.17) is 0 Å². The Bertz CT molecular complexity index is 1150. The maximum absolute atomic E-state index is 13.0. The number of alkyl halides is 6. The number of rotatable bonds is 8. The van der Waals surface area contributed by atoms with Crippen molar-refractivity contribution in [1.29, 1.82) is 0 Å². The van der Waals surface area contributed by atoms with E-state index in [-0.39, 0.29) is 25.3 Å². The van der Waals surface area contributed by atoms with Gasteiger partial charge in [-0.2, -0.15) is 31.4 Å². The van der Waals surface area contributed by atoms with Crippen LogP contribution in [0.1, 0.15) is 31.5 Å². The zero-order chi connectivity index (χ0) is 28.7. The van der Waals surface area contributed by atoms with Gasteiger partial charge in [-0.1, -0.05) is 13.0 Å². The second-order valence-corrected chi connectivity index (χ2v) is 8.36. The van der Waals surface area contributed by atoms with E-state index in [0.717, 1.165) is 17.2 Å². The quantitative estimate of drug-likeness (QED) is 0.396. The van der Waals surface area contributed by atoms with Gasteiger partial charge in [0.25, 0.3) is 5.56 Å². The van der Waals surface area contributed by atoms with Crippen LogP contribution in [0.25, 0.3) is 0 Å². The van der Waals surface area contributed by atoms with Crippen LogP contribution in [0.2, 0.25) is 0 Å². The third kappa shape index (κ3) is 8.45. The predicted octanol–water partition coefficient (Wildman–Crippen LogP) is 2.76. The molecule has 38 heavy (non-hydrogen) atoms. The lowest BCUT2D eigenvalue weighted by Crippen LogP contribution is -2.51. The molecule has 0 aliphatic carbocycles. The molecule has 2 heterocycles. The molecular formula is C23H28F6N6O3. The number of aromatic nitrogens is 2. The summed E-state index contributed by atoms with van der Waals surface area (Å²) in [6.45, 7) is 3.78. The summed E-state index contributed by atoms with van der Waals surface area (Å²) in [4.78, 5) is 44.7. The number of aliphatic imine (C=N–C) groups is 1. The van der Waals surface area contributed by atoms with Gasteiger partial charge in [0, 0.05) is 39.4 Å². The van der Waals surface area contributed by atoms with Crippen LogP contribution in [0, 0.1) is 0 Å². The maximum atomic E-state index is 13.0. The first-order chi connectivity index (χ1) is 17.7. The van der Waals surface area contributed by atoms with Gasteiger partial charge in [-0.05, 0) is 25.5 Å². The van der Waals surface area contributed by atoms with Crippen molar-refractivity contribution in [2.24, 2.45) is 4.99 Å². The van der Waals surface area contributed by atoms with Crippen LogP contribution in [0.3, 0.4) is 0 Å². The third-order valence-electron chi connectivity index (χ3n) is 5.61. The van der Waals surface area contributed by atoms with Crippen molar-refractivity contribution in [2.45, 2.75) is 39.0 Å². The van der Waals surface area contributed by atoms with E-state index in [1.165, 1.54) is 18.9 Å². The summed E-state index contributed by atoms with van der Waals surface area (Å²) in [5.41, 5.74) is -4.10. The summed E-state index contributed by atoms with van der Waals surface area (Å²) in [6, 6.07) is 0.490. The molecule has 0 radical (unpaired) electrons. The smallest absolute Gasteiger partial charge is 0.353 e. The Morgan fingerprint density at radius 1 is 1.13 bits per heavy atom. The fourth-order valence-corrected chi connectivity index (χ4v) is 3.51. The minimum atomic E-state index is -4.91. The Morgan fingerprint density at radius 3 is 2.26 bits per heavy atom. The van der Waals surface area contributed by atoms with E-state index in [2.05, 4.69) is 10.1 Å². The lowest BCUT2D eigenvalue weighted by molar-refractivity contribution is -0.140. The van der Waals surface area contributed by atoms with Crippen molar-refractivity contribution in [3.63, 3.8) is 0 Å². The first-order valence-electron chi connectivity index (χ1n) is 11.6. The van der Waals surface area contributed by atoms with Gasteiger partial charge < -0.3 is 14.7 Å². The molecule has 1 aromatic rings. The molecule has 0 spiro atoms. The summed E-state index contributed by atoms with van der Waals surface area (Å²) in [6.07, 6.45) is -6.11. The van der Waals surface area contributed by atoms with Crippen LogP contribution in [0.15, 0.2) is 39.4 Å². The molecule has 210 valence electrons. The summed E-state index contributed by atoms with van der Waals surface area (Å²) >= 11 is 0. The van der Waals surface area contributed by atoms with E-state index in [9.17, 15) is 40.7 Å². The number of nitrogens with one attached hydrogen (secondary N) is 1. The first kappa shape index (κ1) is 30.6. The number of amides is 2. The molecule has 9 nitrogen and oxygen atoms in total. The van der Waals surface area contributed by atoms with E-state index in [1.807, 2.05) is 6.92 Å². The van der Waals surface area contributed by atoms with E-state index < -0.39 is 47.3 Å². The molecule has 2 rings (SSSR count). The zero-order valence-electron chi connectivity index (χ0n) is 21.0. The Balaban J connectivity index is 1.96. The molecule has 0 saturated carbocycles. The van der Waals surface area contributed by atoms with Crippen LogP contribution in [0.5, 0.6) is 0 Å². The topological polar surface area (TPSA) is 102 Å². The number of allylic oxidation sites excluding steroid dienone is 3. The second kappa shape index (κ2) is 12.7. The van der Waals surface area contributed by atoms with E-state index in [1.54, 1.807) is 16.1 Å². The number of nitrogens with zero attached hydrogens (tertiary/aromatic N) is 5. The van der Waals surface area contributed by atoms with E-state index in [0.29, 0.717) is 31.4 Å². The van der Waals surface area contributed by atoms with E-state index >= 15 is 0 Å². The molecule has 1 aliphatic heterocycles. The third-order valence-corrected chi connectivity index (χ3v) is 5.61. The van der Waals surface area contributed by atoms with Crippen molar-refractivity contribution in [2.75, 3.05) is 39.8 Å². The predicted molar refractivity (Wildman–Crippen MR) is 126 cm³/mol. The summed E-state index contributed by atoms with van der Waals surface area (Å²) in [5, 5.41) is 5.17. The average molecular weight is 551 g/mol. The highest BCUT2D eigenvalue weighted by atomic mass is 19.4. The molecule has 1 fully saturated rings. The second-order valence-electron chi connectivity index (χ2n) is 8.36. The van der Waals surface area contributed by atoms with Gasteiger partial charge in [-0.15, -0.1) is 0 Å². The Morgan fingerprint density at radius 2 is 1.74 bits per heavy atom. The van der Waals surface area contributed by atoms with Gasteiger partial charge in [0.15, 0.2) is 0 Å². The standard InChI is InChI=1S/C23H28F6N6O3/c1-4-6-18(30-13-15(5-2)22(24,25)26)34-7-9-35(10-8-34)20(37)14-33(3)19(36)12-16-11-17(23(27,28)29)21(38)32-31-16/h5-6,11,13H,4,7-10,12,14H2,1-3H3,(H,32,38)/b15-5+,18-6-,30-13-. The number of piperazine rings is 1. The number of likely N-dealkylation sites (N-methyl/N-ethyl adjacent to an activating group) is 1. The van der Waals surface area contributed by atoms with Crippen LogP contribution < -0.4 is 5.56 Å². The highest BCUT2D eigenvalue weighted by Crippen LogP contribution is 2.26. The molecule has 1 saturated heterocycles. The molecule has 2 amide bonds. The zero-order valence-corrected chi connectivity index (χ0v) is 21.0. The highest BCUT2D eigenvalue weighted by Gasteiger charge is 2.35. The number of carbonyl (C=O) groups is 2. The average Bonchev–Trinajstić information content (AvgIpc) is 2.83. The molecule has 1 aromatic heterocycles. The molecule has 15 heteroatoms. The Hall–Kier alpha value is -3.65. The van der Waals surface area contributed by atoms with Crippen molar-refractivity contribution >= 4 is 18.0 Å². The molecule has 0 unspecified atom stereocenters. The lowest BCUT2D eigenvalue weighted by atomic mass is 10.2. The van der Waals surface area contributed by atoms with Gasteiger partial charge in [-0.3, -0.25) is 14.4 Å². The summed E-state index contributed by atoms with van der Waals surface area (Å²) < 4.78 is 77.7. The monoisotopic (exact) mass is 550 g/mol. The Labute approximate surface area is 214 Å². The molecule has 0 atom stereocenters. The molecule has 0 aromatic carbocycles. The van der Waals surface area contributed by atoms with Crippen molar-refractivity contribution in [1.82, 2.24) is 24.9 Å². The normalized spacial score (nSPS) is 15.8. The number of hydrogen-bond donors (Lipinski definition) is 1. The van der Waals surface area contributed by atoms with Crippen molar-refractivity contribution < 1.29 is 35.9 Å². The maximum Gasteiger partial charge on any atom is 0.421 e. The van der Waals surface area contributed by atoms with Crippen molar-refractivity contribution in [3.05, 3.63) is 51.2 Å². The fraction of sp³-hybridized carbons (Fsp3) is 0.522. The Kier molecular flexibility index (Phi) is 10.2. The van der Waals surface area contributed by atoms with Gasteiger partial charge in [0.1, 0.15) is 11.4 Å². The minimum Gasteiger partial charge on any atom is -0.353 e. The number of halogens is 6. The van der Waals surface area contributed by atoms with Gasteiger partial charge in [0.2, 0.25) is 11.8 Å². The SMILES string of the molecule is C\C=C(/C=N\C(=C\CC)N1CCN(C(=O)CN(C)C(=O)Cc2cc(C(F)(F)F)c(=O)[nH]n2)CC1)C(F)(F)F. The van der Waals surface area contributed by atoms with Crippen LogP contribution in [0.4, 0.5) is 26.3 Å². The lowest BCUT2D eigenvalue weighted by Gasteiger charge is -2.36. The van der Waals surface area contributed by atoms with Gasteiger partial charge >= 0.3 is 12.4 Å². The summed E-state index contributed by atoms with van der Waals surface area (Å²) in [7, 11) is 1.31. The number of hydrogen-bond acceptors (Lipinski definition) is 6.